The number of benzene rings is 1. The van der Waals surface area contributed by atoms with E-state index in [9.17, 15) is 0 Å². The fourth-order valence-electron chi connectivity index (χ4n) is 1.26. The van der Waals surface area contributed by atoms with Crippen molar-refractivity contribution in [3.63, 3.8) is 0 Å². The average molecular weight is 244 g/mol. The zero-order chi connectivity index (χ0) is 11.5. The van der Waals surface area contributed by atoms with Crippen molar-refractivity contribution in [1.82, 2.24) is 5.32 Å². The molecule has 0 aliphatic carbocycles. The molecule has 1 nitrogen and oxygen atoms in total. The van der Waals surface area contributed by atoms with Crippen LogP contribution in [0.5, 0.6) is 0 Å². The highest BCUT2D eigenvalue weighted by molar-refractivity contribution is 7.98. The van der Waals surface area contributed by atoms with Gasteiger partial charge in [0, 0.05) is 22.0 Å². The Morgan fingerprint density at radius 2 is 2.00 bits per heavy atom. The largest absolute Gasteiger partial charge is 0.308 e. The Bertz CT molecular complexity index is 331. The topological polar surface area (TPSA) is 12.0 Å². The lowest BCUT2D eigenvalue weighted by molar-refractivity contribution is 0.422. The second kappa shape index (κ2) is 5.24. The minimum atomic E-state index is 0.120. The van der Waals surface area contributed by atoms with Crippen molar-refractivity contribution in [2.45, 2.75) is 37.8 Å². The Labute approximate surface area is 102 Å². The number of hydrogen-bond donors (Lipinski definition) is 1. The SMILES string of the molecule is CSc1cccc(Cl)c1CNC(C)(C)C. The van der Waals surface area contributed by atoms with Gasteiger partial charge in [0.2, 0.25) is 0 Å². The van der Waals surface area contributed by atoms with Gasteiger partial charge in [0.15, 0.2) is 0 Å². The Kier molecular flexibility index (Phi) is 4.50. The molecule has 0 aliphatic heterocycles. The van der Waals surface area contributed by atoms with Crippen molar-refractivity contribution in [2.75, 3.05) is 6.26 Å². The van der Waals surface area contributed by atoms with Crippen molar-refractivity contribution in [2.24, 2.45) is 0 Å². The maximum atomic E-state index is 6.18. The van der Waals surface area contributed by atoms with Gasteiger partial charge < -0.3 is 5.32 Å². The molecule has 3 heteroatoms. The summed E-state index contributed by atoms with van der Waals surface area (Å²) in [6.07, 6.45) is 2.08. The van der Waals surface area contributed by atoms with Crippen molar-refractivity contribution in [1.29, 1.82) is 0 Å². The summed E-state index contributed by atoms with van der Waals surface area (Å²) in [5.41, 5.74) is 1.32. The summed E-state index contributed by atoms with van der Waals surface area (Å²) in [6, 6.07) is 6.05. The van der Waals surface area contributed by atoms with Gasteiger partial charge in [-0.05, 0) is 44.7 Å². The first kappa shape index (κ1) is 12.9. The number of thioether (sulfide) groups is 1. The van der Waals surface area contributed by atoms with Crippen LogP contribution in [0.1, 0.15) is 26.3 Å². The molecule has 0 fully saturated rings. The van der Waals surface area contributed by atoms with Crippen molar-refractivity contribution < 1.29 is 0 Å². The van der Waals surface area contributed by atoms with Gasteiger partial charge in [0.05, 0.1) is 0 Å². The lowest BCUT2D eigenvalue weighted by Crippen LogP contribution is -2.35. The first-order valence-electron chi connectivity index (χ1n) is 5.00. The third kappa shape index (κ3) is 4.06. The summed E-state index contributed by atoms with van der Waals surface area (Å²) in [5.74, 6) is 0. The second-order valence-electron chi connectivity index (χ2n) is 4.52. The molecule has 0 amide bonds. The van der Waals surface area contributed by atoms with E-state index in [1.165, 1.54) is 10.5 Å². The smallest absolute Gasteiger partial charge is 0.0462 e. The predicted molar refractivity (Wildman–Crippen MR) is 69.8 cm³/mol. The third-order valence-electron chi connectivity index (χ3n) is 2.09. The Morgan fingerprint density at radius 3 is 2.53 bits per heavy atom. The number of rotatable bonds is 3. The van der Waals surface area contributed by atoms with Crippen LogP contribution < -0.4 is 5.32 Å². The maximum absolute atomic E-state index is 6.18. The maximum Gasteiger partial charge on any atom is 0.0462 e. The normalized spacial score (nSPS) is 11.8. The van der Waals surface area contributed by atoms with Gasteiger partial charge in [-0.25, -0.2) is 0 Å². The molecule has 1 N–H and O–H groups in total. The molecular formula is C12H18ClNS. The fourth-order valence-corrected chi connectivity index (χ4v) is 2.20. The summed E-state index contributed by atoms with van der Waals surface area (Å²) < 4.78 is 0. The van der Waals surface area contributed by atoms with E-state index in [4.69, 9.17) is 11.6 Å². The van der Waals surface area contributed by atoms with E-state index < -0.39 is 0 Å². The second-order valence-corrected chi connectivity index (χ2v) is 5.78. The highest BCUT2D eigenvalue weighted by Gasteiger charge is 2.12. The Balaban J connectivity index is 2.83. The molecule has 0 radical (unpaired) electrons. The molecule has 1 rings (SSSR count). The molecule has 0 spiro atoms. The van der Waals surface area contributed by atoms with Crippen LogP contribution >= 0.6 is 23.4 Å². The molecule has 0 saturated carbocycles. The van der Waals surface area contributed by atoms with Gasteiger partial charge in [-0.15, -0.1) is 11.8 Å². The minimum absolute atomic E-state index is 0.120. The van der Waals surface area contributed by atoms with Gasteiger partial charge >= 0.3 is 0 Å². The van der Waals surface area contributed by atoms with Crippen LogP contribution in [-0.4, -0.2) is 11.8 Å². The zero-order valence-corrected chi connectivity index (χ0v) is 11.3. The Morgan fingerprint density at radius 1 is 1.33 bits per heavy atom. The molecule has 0 aliphatic rings. The van der Waals surface area contributed by atoms with Crippen LogP contribution in [0.4, 0.5) is 0 Å². The summed E-state index contributed by atoms with van der Waals surface area (Å²) >= 11 is 7.92. The fraction of sp³-hybridized carbons (Fsp3) is 0.500. The zero-order valence-electron chi connectivity index (χ0n) is 9.73. The Hall–Kier alpha value is -0.180. The standard InChI is InChI=1S/C12H18ClNS/c1-12(2,3)14-8-9-10(13)6-5-7-11(9)15-4/h5-7,14H,8H2,1-4H3. The van der Waals surface area contributed by atoms with Crippen molar-refractivity contribution in [3.8, 4) is 0 Å². The molecule has 0 bridgehead atoms. The molecular weight excluding hydrogens is 226 g/mol. The summed E-state index contributed by atoms with van der Waals surface area (Å²) in [6.45, 7) is 7.28. The van der Waals surface area contributed by atoms with Gasteiger partial charge in [-0.2, -0.15) is 0 Å². The molecule has 0 atom stereocenters. The van der Waals surface area contributed by atoms with Crippen LogP contribution in [0.3, 0.4) is 0 Å². The molecule has 0 heterocycles. The number of hydrogen-bond acceptors (Lipinski definition) is 2. The highest BCUT2D eigenvalue weighted by atomic mass is 35.5. The summed E-state index contributed by atoms with van der Waals surface area (Å²) in [7, 11) is 0. The van der Waals surface area contributed by atoms with Crippen LogP contribution in [0.15, 0.2) is 23.1 Å². The van der Waals surface area contributed by atoms with E-state index in [2.05, 4.69) is 38.4 Å². The molecule has 0 unspecified atom stereocenters. The summed E-state index contributed by atoms with van der Waals surface area (Å²) in [4.78, 5) is 1.25. The van der Waals surface area contributed by atoms with Gasteiger partial charge in [-0.3, -0.25) is 0 Å². The van der Waals surface area contributed by atoms with E-state index in [0.717, 1.165) is 11.6 Å². The third-order valence-corrected chi connectivity index (χ3v) is 3.27. The van der Waals surface area contributed by atoms with Crippen molar-refractivity contribution in [3.05, 3.63) is 28.8 Å². The monoisotopic (exact) mass is 243 g/mol. The van der Waals surface area contributed by atoms with Crippen molar-refractivity contribution >= 4 is 23.4 Å². The lowest BCUT2D eigenvalue weighted by atomic mass is 10.1. The number of halogens is 1. The van der Waals surface area contributed by atoms with Gasteiger partial charge in [0.1, 0.15) is 0 Å². The van der Waals surface area contributed by atoms with E-state index in [1.807, 2.05) is 12.1 Å². The molecule has 84 valence electrons. The summed E-state index contributed by atoms with van der Waals surface area (Å²) in [5, 5.41) is 4.30. The number of nitrogens with one attached hydrogen (secondary N) is 1. The molecule has 0 aromatic heterocycles. The molecule has 1 aromatic rings. The molecule has 1 aromatic carbocycles. The quantitative estimate of drug-likeness (QED) is 0.807. The van der Waals surface area contributed by atoms with Crippen LogP contribution in [0.2, 0.25) is 5.02 Å². The van der Waals surface area contributed by atoms with E-state index >= 15 is 0 Å². The van der Waals surface area contributed by atoms with Gasteiger partial charge in [0.25, 0.3) is 0 Å². The van der Waals surface area contributed by atoms with E-state index in [1.54, 1.807) is 11.8 Å². The highest BCUT2D eigenvalue weighted by Crippen LogP contribution is 2.27. The van der Waals surface area contributed by atoms with E-state index in [0.29, 0.717) is 0 Å². The first-order valence-corrected chi connectivity index (χ1v) is 6.61. The first-order chi connectivity index (χ1) is 6.94. The van der Waals surface area contributed by atoms with Crippen LogP contribution in [-0.2, 0) is 6.54 Å². The lowest BCUT2D eigenvalue weighted by Gasteiger charge is -2.22. The predicted octanol–water partition coefficient (Wildman–Crippen LogP) is 3.95. The molecule has 15 heavy (non-hydrogen) atoms. The average Bonchev–Trinajstić information content (AvgIpc) is 2.14. The van der Waals surface area contributed by atoms with E-state index in [-0.39, 0.29) is 5.54 Å². The molecule has 0 saturated heterocycles. The van der Waals surface area contributed by atoms with Crippen LogP contribution in [0, 0.1) is 0 Å². The van der Waals surface area contributed by atoms with Gasteiger partial charge in [-0.1, -0.05) is 17.7 Å². The minimum Gasteiger partial charge on any atom is -0.308 e. The van der Waals surface area contributed by atoms with Crippen LogP contribution in [0.25, 0.3) is 0 Å².